The van der Waals surface area contributed by atoms with Gasteiger partial charge >= 0.3 is 0 Å². The highest BCUT2D eigenvalue weighted by Crippen LogP contribution is 2.30. The lowest BCUT2D eigenvalue weighted by Gasteiger charge is -2.36. The smallest absolute Gasteiger partial charge is 0.292 e. The Morgan fingerprint density at radius 1 is 1.36 bits per heavy atom. The molecule has 0 bridgehead atoms. The monoisotopic (exact) mass is 307 g/mol. The zero-order valence-corrected chi connectivity index (χ0v) is 12.9. The maximum Gasteiger partial charge on any atom is 0.292 e. The van der Waals surface area contributed by atoms with Crippen LogP contribution in [-0.2, 0) is 11.4 Å². The van der Waals surface area contributed by atoms with E-state index in [1.54, 1.807) is 15.9 Å². The predicted octanol–water partition coefficient (Wildman–Crippen LogP) is 1.39. The molecule has 120 valence electrons. The van der Waals surface area contributed by atoms with Gasteiger partial charge in [0.1, 0.15) is 5.69 Å². The molecule has 0 saturated carbocycles. The van der Waals surface area contributed by atoms with E-state index in [0.29, 0.717) is 36.8 Å². The van der Waals surface area contributed by atoms with Crippen LogP contribution in [0.2, 0.25) is 0 Å². The van der Waals surface area contributed by atoms with E-state index in [4.69, 9.17) is 0 Å². The molecule has 0 atom stereocenters. The summed E-state index contributed by atoms with van der Waals surface area (Å²) in [6.45, 7) is 5.84. The molecule has 0 aromatic heterocycles. The average Bonchev–Trinajstić information content (AvgIpc) is 2.48. The lowest BCUT2D eigenvalue weighted by Crippen LogP contribution is -2.51. The third-order valence-electron chi connectivity index (χ3n) is 3.66. The fraction of sp³-hybridized carbons (Fsp3) is 0.533. The summed E-state index contributed by atoms with van der Waals surface area (Å²) < 4.78 is 0. The van der Waals surface area contributed by atoms with Gasteiger partial charge in [-0.25, -0.2) is 0 Å². The number of aliphatic hydroxyl groups excluding tert-OH is 1. The van der Waals surface area contributed by atoms with Gasteiger partial charge in [0.05, 0.1) is 18.1 Å². The largest absolute Gasteiger partial charge is 0.392 e. The topological polar surface area (TPSA) is 86.9 Å². The summed E-state index contributed by atoms with van der Waals surface area (Å²) in [5.41, 5.74) is 0.953. The molecule has 1 aliphatic heterocycles. The van der Waals surface area contributed by atoms with Crippen LogP contribution in [-0.4, -0.2) is 47.0 Å². The summed E-state index contributed by atoms with van der Waals surface area (Å²) in [7, 11) is 0. The maximum atomic E-state index is 12.2. The average molecular weight is 307 g/mol. The Morgan fingerprint density at radius 3 is 2.64 bits per heavy atom. The number of aliphatic hydroxyl groups is 1. The maximum absolute atomic E-state index is 12.2. The van der Waals surface area contributed by atoms with Gasteiger partial charge in [0.2, 0.25) is 5.91 Å². The van der Waals surface area contributed by atoms with Gasteiger partial charge in [0.25, 0.3) is 5.69 Å². The van der Waals surface area contributed by atoms with Crippen molar-refractivity contribution in [3.05, 3.63) is 33.9 Å². The Morgan fingerprint density at radius 2 is 2.09 bits per heavy atom. The minimum absolute atomic E-state index is 0.0244. The van der Waals surface area contributed by atoms with E-state index in [2.05, 4.69) is 13.8 Å². The number of hydrogen-bond donors (Lipinski definition) is 1. The second-order valence-corrected chi connectivity index (χ2v) is 5.89. The van der Waals surface area contributed by atoms with Gasteiger partial charge in [-0.2, -0.15) is 0 Å². The van der Waals surface area contributed by atoms with Gasteiger partial charge in [0, 0.05) is 25.7 Å². The molecule has 0 aliphatic carbocycles. The van der Waals surface area contributed by atoms with Crippen molar-refractivity contribution in [1.82, 2.24) is 4.90 Å². The first kappa shape index (κ1) is 16.2. The fourth-order valence-corrected chi connectivity index (χ4v) is 2.62. The molecule has 0 unspecified atom stereocenters. The van der Waals surface area contributed by atoms with Crippen molar-refractivity contribution in [3.63, 3.8) is 0 Å². The molecule has 2 rings (SSSR count). The van der Waals surface area contributed by atoms with Crippen LogP contribution in [0.3, 0.4) is 0 Å². The summed E-state index contributed by atoms with van der Waals surface area (Å²) in [6.07, 6.45) is 0. The second-order valence-electron chi connectivity index (χ2n) is 5.89. The number of anilines is 1. The predicted molar refractivity (Wildman–Crippen MR) is 82.7 cm³/mol. The van der Waals surface area contributed by atoms with Gasteiger partial charge < -0.3 is 14.9 Å². The fourth-order valence-electron chi connectivity index (χ4n) is 2.62. The van der Waals surface area contributed by atoms with Crippen LogP contribution in [0.5, 0.6) is 0 Å². The Bertz CT molecular complexity index is 574. The van der Waals surface area contributed by atoms with Crippen LogP contribution in [0.4, 0.5) is 11.4 Å². The van der Waals surface area contributed by atoms with Crippen molar-refractivity contribution in [1.29, 1.82) is 0 Å². The van der Waals surface area contributed by atoms with Crippen LogP contribution in [0, 0.1) is 16.0 Å². The molecule has 7 heteroatoms. The number of nitro benzene ring substituents is 1. The normalized spacial score (nSPS) is 15.5. The van der Waals surface area contributed by atoms with Gasteiger partial charge in [-0.05, 0) is 23.6 Å². The zero-order chi connectivity index (χ0) is 16.3. The molecule has 22 heavy (non-hydrogen) atoms. The number of carbonyl (C=O) groups excluding carboxylic acids is 1. The van der Waals surface area contributed by atoms with E-state index < -0.39 is 4.92 Å². The molecule has 7 nitrogen and oxygen atoms in total. The Balaban J connectivity index is 2.22. The number of amides is 1. The number of piperazine rings is 1. The van der Waals surface area contributed by atoms with Gasteiger partial charge in [-0.15, -0.1) is 0 Å². The van der Waals surface area contributed by atoms with Crippen LogP contribution >= 0.6 is 0 Å². The van der Waals surface area contributed by atoms with Crippen molar-refractivity contribution in [2.75, 3.05) is 31.1 Å². The molecule has 0 radical (unpaired) electrons. The van der Waals surface area contributed by atoms with Crippen LogP contribution in [0.25, 0.3) is 0 Å². The quantitative estimate of drug-likeness (QED) is 0.656. The Kier molecular flexibility index (Phi) is 4.97. The molecule has 1 saturated heterocycles. The highest BCUT2D eigenvalue weighted by molar-refractivity contribution is 5.84. The van der Waals surface area contributed by atoms with Crippen molar-refractivity contribution >= 4 is 17.3 Å². The molecule has 1 heterocycles. The van der Waals surface area contributed by atoms with Crippen molar-refractivity contribution < 1.29 is 14.8 Å². The summed E-state index contributed by atoms with van der Waals surface area (Å²) in [6, 6.07) is 4.49. The number of benzene rings is 1. The summed E-state index contributed by atoms with van der Waals surface area (Å²) in [4.78, 5) is 26.4. The zero-order valence-electron chi connectivity index (χ0n) is 12.9. The molecular formula is C15H21N3O4. The number of nitrogens with zero attached hydrogens (tertiary/aromatic N) is 3. The second kappa shape index (κ2) is 6.74. The molecule has 0 spiro atoms. The Labute approximate surface area is 129 Å². The summed E-state index contributed by atoms with van der Waals surface area (Å²) >= 11 is 0. The standard InChI is InChI=1S/C15H21N3O4/c1-11(2)8-17-6-5-16(9-15(17)20)14-7-12(10-19)3-4-13(14)18(21)22/h3-4,7,11,19H,5-6,8-10H2,1-2H3. The van der Waals surface area contributed by atoms with Crippen molar-refractivity contribution in [3.8, 4) is 0 Å². The highest BCUT2D eigenvalue weighted by atomic mass is 16.6. The molecule has 1 fully saturated rings. The minimum atomic E-state index is -0.457. The summed E-state index contributed by atoms with van der Waals surface area (Å²) in [5.74, 6) is 0.367. The minimum Gasteiger partial charge on any atom is -0.392 e. The molecule has 1 aliphatic rings. The highest BCUT2D eigenvalue weighted by Gasteiger charge is 2.28. The van der Waals surface area contributed by atoms with E-state index in [0.717, 1.165) is 0 Å². The van der Waals surface area contributed by atoms with Crippen LogP contribution < -0.4 is 4.90 Å². The number of hydrogen-bond acceptors (Lipinski definition) is 5. The van der Waals surface area contributed by atoms with E-state index in [1.165, 1.54) is 12.1 Å². The van der Waals surface area contributed by atoms with Crippen LogP contribution in [0.1, 0.15) is 19.4 Å². The van der Waals surface area contributed by atoms with Crippen molar-refractivity contribution in [2.45, 2.75) is 20.5 Å². The number of nitro groups is 1. The molecule has 1 aromatic carbocycles. The number of carbonyl (C=O) groups is 1. The first-order chi connectivity index (χ1) is 10.4. The van der Waals surface area contributed by atoms with E-state index in [9.17, 15) is 20.0 Å². The van der Waals surface area contributed by atoms with E-state index in [1.807, 2.05) is 0 Å². The van der Waals surface area contributed by atoms with Gasteiger partial charge in [-0.1, -0.05) is 13.8 Å². The van der Waals surface area contributed by atoms with E-state index in [-0.39, 0.29) is 24.7 Å². The third-order valence-corrected chi connectivity index (χ3v) is 3.66. The van der Waals surface area contributed by atoms with Gasteiger partial charge in [0.15, 0.2) is 0 Å². The Hall–Kier alpha value is -2.15. The van der Waals surface area contributed by atoms with Crippen molar-refractivity contribution in [2.24, 2.45) is 5.92 Å². The molecular weight excluding hydrogens is 286 g/mol. The first-order valence-corrected chi connectivity index (χ1v) is 7.33. The summed E-state index contributed by atoms with van der Waals surface area (Å²) in [5, 5.41) is 20.4. The van der Waals surface area contributed by atoms with Crippen LogP contribution in [0.15, 0.2) is 18.2 Å². The van der Waals surface area contributed by atoms with Gasteiger partial charge in [-0.3, -0.25) is 14.9 Å². The number of rotatable bonds is 5. The SMILES string of the molecule is CC(C)CN1CCN(c2cc(CO)ccc2[N+](=O)[O-])CC1=O. The van der Waals surface area contributed by atoms with E-state index >= 15 is 0 Å². The molecule has 1 N–H and O–H groups in total. The first-order valence-electron chi connectivity index (χ1n) is 7.33. The molecule has 1 amide bonds. The lowest BCUT2D eigenvalue weighted by atomic mass is 10.1. The lowest BCUT2D eigenvalue weighted by molar-refractivity contribution is -0.384. The third kappa shape index (κ3) is 3.54. The molecule has 1 aromatic rings.